The standard InChI is InChI=1S/C23H22N3/c1-17-19(21-14-7-8-15-25(21)2)12-9-13-20(17)23-24-16-22(26(23)3)18-10-5-4-6-11-18/h4-16H,1-3H3/q+1. The van der Waals surface area contributed by atoms with Gasteiger partial charge >= 0.3 is 0 Å². The maximum absolute atomic E-state index is 4.74. The van der Waals surface area contributed by atoms with Gasteiger partial charge in [0.1, 0.15) is 12.9 Å². The van der Waals surface area contributed by atoms with E-state index in [1.165, 1.54) is 22.4 Å². The van der Waals surface area contributed by atoms with E-state index in [9.17, 15) is 0 Å². The molecule has 0 unspecified atom stereocenters. The summed E-state index contributed by atoms with van der Waals surface area (Å²) in [5.41, 5.74) is 7.13. The third-order valence-electron chi connectivity index (χ3n) is 4.96. The van der Waals surface area contributed by atoms with Gasteiger partial charge in [-0.1, -0.05) is 42.5 Å². The van der Waals surface area contributed by atoms with Gasteiger partial charge in [0.25, 0.3) is 0 Å². The van der Waals surface area contributed by atoms with Crippen LogP contribution in [0.4, 0.5) is 0 Å². The largest absolute Gasteiger partial charge is 0.327 e. The highest BCUT2D eigenvalue weighted by atomic mass is 15.1. The summed E-state index contributed by atoms with van der Waals surface area (Å²) in [4.78, 5) is 4.74. The van der Waals surface area contributed by atoms with Crippen molar-refractivity contribution in [3.63, 3.8) is 0 Å². The molecule has 0 radical (unpaired) electrons. The third kappa shape index (κ3) is 2.72. The number of rotatable bonds is 3. The predicted molar refractivity (Wildman–Crippen MR) is 105 cm³/mol. The lowest BCUT2D eigenvalue weighted by Gasteiger charge is -2.11. The average molecular weight is 340 g/mol. The Bertz CT molecular complexity index is 1060. The molecule has 26 heavy (non-hydrogen) atoms. The van der Waals surface area contributed by atoms with Crippen molar-refractivity contribution in [3.05, 3.63) is 84.7 Å². The van der Waals surface area contributed by atoms with Gasteiger partial charge < -0.3 is 4.57 Å². The summed E-state index contributed by atoms with van der Waals surface area (Å²) in [5.74, 6) is 0.988. The van der Waals surface area contributed by atoms with Gasteiger partial charge in [-0.05, 0) is 30.2 Å². The molecule has 0 bridgehead atoms. The number of aromatic nitrogens is 3. The lowest BCUT2D eigenvalue weighted by molar-refractivity contribution is -0.660. The number of hydrogen-bond acceptors (Lipinski definition) is 1. The van der Waals surface area contributed by atoms with Crippen LogP contribution in [0.25, 0.3) is 33.9 Å². The van der Waals surface area contributed by atoms with Crippen LogP contribution in [-0.4, -0.2) is 9.55 Å². The van der Waals surface area contributed by atoms with E-state index in [2.05, 4.69) is 90.9 Å². The minimum atomic E-state index is 0.988. The Morgan fingerprint density at radius 2 is 1.58 bits per heavy atom. The van der Waals surface area contributed by atoms with Gasteiger partial charge in [0.05, 0.1) is 11.9 Å². The Morgan fingerprint density at radius 3 is 2.35 bits per heavy atom. The molecule has 4 aromatic rings. The molecule has 0 aliphatic heterocycles. The fourth-order valence-electron chi connectivity index (χ4n) is 3.50. The summed E-state index contributed by atoms with van der Waals surface area (Å²) < 4.78 is 4.33. The van der Waals surface area contributed by atoms with E-state index < -0.39 is 0 Å². The number of benzene rings is 2. The summed E-state index contributed by atoms with van der Waals surface area (Å²) in [6.45, 7) is 2.18. The molecule has 0 amide bonds. The zero-order valence-electron chi connectivity index (χ0n) is 15.3. The molecule has 4 rings (SSSR count). The smallest absolute Gasteiger partial charge is 0.212 e. The molecule has 2 aromatic heterocycles. The SMILES string of the molecule is Cc1c(-c2ncc(-c3ccccc3)n2C)cccc1-c1cccc[n+]1C. The lowest BCUT2D eigenvalue weighted by atomic mass is 9.99. The van der Waals surface area contributed by atoms with Gasteiger partial charge in [-0.25, -0.2) is 9.55 Å². The minimum absolute atomic E-state index is 0.988. The quantitative estimate of drug-likeness (QED) is 0.501. The topological polar surface area (TPSA) is 21.7 Å². The zero-order chi connectivity index (χ0) is 18.1. The molecular formula is C23H22N3+. The fraction of sp³-hybridized carbons (Fsp3) is 0.130. The molecule has 2 aromatic carbocycles. The Kier molecular flexibility index (Phi) is 4.13. The normalized spacial score (nSPS) is 10.9. The van der Waals surface area contributed by atoms with Crippen LogP contribution in [0.15, 0.2) is 79.1 Å². The van der Waals surface area contributed by atoms with Crippen molar-refractivity contribution in [3.8, 4) is 33.9 Å². The molecule has 128 valence electrons. The first-order valence-electron chi connectivity index (χ1n) is 8.79. The molecule has 3 nitrogen and oxygen atoms in total. The van der Waals surface area contributed by atoms with Crippen LogP contribution in [0.1, 0.15) is 5.56 Å². The van der Waals surface area contributed by atoms with Crippen molar-refractivity contribution >= 4 is 0 Å². The molecule has 0 N–H and O–H groups in total. The molecule has 3 heteroatoms. The summed E-state index contributed by atoms with van der Waals surface area (Å²) in [5, 5.41) is 0. The zero-order valence-corrected chi connectivity index (χ0v) is 15.3. The third-order valence-corrected chi connectivity index (χ3v) is 4.96. The maximum Gasteiger partial charge on any atom is 0.212 e. The second kappa shape index (κ2) is 6.60. The number of imidazole rings is 1. The molecule has 0 aliphatic rings. The van der Waals surface area contributed by atoms with Crippen LogP contribution in [0, 0.1) is 6.92 Å². The highest BCUT2D eigenvalue weighted by Crippen LogP contribution is 2.31. The van der Waals surface area contributed by atoms with Crippen molar-refractivity contribution in [1.29, 1.82) is 0 Å². The first-order chi connectivity index (χ1) is 12.7. The fourth-order valence-corrected chi connectivity index (χ4v) is 3.50. The van der Waals surface area contributed by atoms with E-state index >= 15 is 0 Å². The average Bonchev–Trinajstić information content (AvgIpc) is 3.05. The molecule has 0 atom stereocenters. The number of pyridine rings is 1. The first kappa shape index (κ1) is 16.3. The van der Waals surface area contributed by atoms with Crippen LogP contribution in [-0.2, 0) is 14.1 Å². The van der Waals surface area contributed by atoms with Crippen molar-refractivity contribution in [2.24, 2.45) is 14.1 Å². The van der Waals surface area contributed by atoms with Gasteiger partial charge in [-0.3, -0.25) is 0 Å². The number of hydrogen-bond donors (Lipinski definition) is 0. The molecule has 0 spiro atoms. The second-order valence-electron chi connectivity index (χ2n) is 6.57. The maximum atomic E-state index is 4.74. The van der Waals surface area contributed by atoms with Crippen molar-refractivity contribution in [1.82, 2.24) is 9.55 Å². The Labute approximate surface area is 154 Å². The Balaban J connectivity index is 1.85. The van der Waals surface area contributed by atoms with Crippen LogP contribution in [0.2, 0.25) is 0 Å². The van der Waals surface area contributed by atoms with Crippen molar-refractivity contribution in [2.75, 3.05) is 0 Å². The van der Waals surface area contributed by atoms with Gasteiger partial charge in [0.15, 0.2) is 6.20 Å². The van der Waals surface area contributed by atoms with E-state index in [-0.39, 0.29) is 0 Å². The summed E-state index contributed by atoms with van der Waals surface area (Å²) in [7, 11) is 4.16. The number of aryl methyl sites for hydroxylation is 1. The van der Waals surface area contributed by atoms with Crippen molar-refractivity contribution < 1.29 is 4.57 Å². The van der Waals surface area contributed by atoms with E-state index in [0.717, 1.165) is 17.1 Å². The van der Waals surface area contributed by atoms with Crippen LogP contribution >= 0.6 is 0 Å². The highest BCUT2D eigenvalue weighted by molar-refractivity contribution is 5.74. The Hall–Kier alpha value is -3.20. The summed E-state index contributed by atoms with van der Waals surface area (Å²) in [6, 6.07) is 23.1. The Morgan fingerprint density at radius 1 is 0.846 bits per heavy atom. The van der Waals surface area contributed by atoms with E-state index in [4.69, 9.17) is 4.98 Å². The molecular weight excluding hydrogens is 318 g/mol. The van der Waals surface area contributed by atoms with Gasteiger partial charge in [-0.2, -0.15) is 0 Å². The number of nitrogens with zero attached hydrogens (tertiary/aromatic N) is 3. The van der Waals surface area contributed by atoms with Gasteiger partial charge in [0, 0.05) is 30.3 Å². The molecule has 0 fully saturated rings. The first-order valence-corrected chi connectivity index (χ1v) is 8.79. The molecule has 0 saturated carbocycles. The lowest BCUT2D eigenvalue weighted by Crippen LogP contribution is -2.30. The predicted octanol–water partition coefficient (Wildman–Crippen LogP) is 4.55. The highest BCUT2D eigenvalue weighted by Gasteiger charge is 2.17. The summed E-state index contributed by atoms with van der Waals surface area (Å²) >= 11 is 0. The molecule has 2 heterocycles. The van der Waals surface area contributed by atoms with Crippen LogP contribution in [0.5, 0.6) is 0 Å². The molecule has 0 saturated heterocycles. The van der Waals surface area contributed by atoms with Gasteiger partial charge in [0.2, 0.25) is 5.69 Å². The minimum Gasteiger partial charge on any atom is -0.327 e. The summed E-state index contributed by atoms with van der Waals surface area (Å²) in [6.07, 6.45) is 4.04. The van der Waals surface area contributed by atoms with Gasteiger partial charge in [-0.15, -0.1) is 0 Å². The van der Waals surface area contributed by atoms with Crippen molar-refractivity contribution in [2.45, 2.75) is 6.92 Å². The van der Waals surface area contributed by atoms with E-state index in [1.54, 1.807) is 0 Å². The van der Waals surface area contributed by atoms with E-state index in [1.807, 2.05) is 18.3 Å². The van der Waals surface area contributed by atoms with Crippen LogP contribution < -0.4 is 4.57 Å². The monoisotopic (exact) mass is 340 g/mol. The van der Waals surface area contributed by atoms with Crippen LogP contribution in [0.3, 0.4) is 0 Å². The molecule has 0 aliphatic carbocycles. The van der Waals surface area contributed by atoms with E-state index in [0.29, 0.717) is 0 Å². The second-order valence-corrected chi connectivity index (χ2v) is 6.57.